The lowest BCUT2D eigenvalue weighted by atomic mass is 10.2. The van der Waals surface area contributed by atoms with Crippen LogP contribution in [0.15, 0.2) is 46.9 Å². The molecule has 2 rings (SSSR count). The Morgan fingerprint density at radius 2 is 1.95 bits per heavy atom. The highest BCUT2D eigenvalue weighted by Crippen LogP contribution is 2.16. The Balaban J connectivity index is 1.82. The molecular weight excluding hydrogens is 342 g/mol. The molecule has 0 heterocycles. The van der Waals surface area contributed by atoms with E-state index in [1.54, 1.807) is 0 Å². The van der Waals surface area contributed by atoms with Gasteiger partial charge >= 0.3 is 0 Å². The van der Waals surface area contributed by atoms with Gasteiger partial charge in [0.25, 0.3) is 0 Å². The predicted octanol–water partition coefficient (Wildman–Crippen LogP) is 4.17. The van der Waals surface area contributed by atoms with Gasteiger partial charge in [-0.05, 0) is 30.3 Å². The average Bonchev–Trinajstić information content (AvgIpc) is 2.42. The minimum Gasteiger partial charge on any atom is -0.384 e. The lowest BCUT2D eigenvalue weighted by Crippen LogP contribution is -2.17. The molecule has 0 atom stereocenters. The third-order valence-corrected chi connectivity index (χ3v) is 3.20. The van der Waals surface area contributed by atoms with Crippen molar-refractivity contribution in [3.05, 3.63) is 58.6 Å². The van der Waals surface area contributed by atoms with E-state index in [1.807, 2.05) is 24.3 Å². The van der Waals surface area contributed by atoms with Crippen molar-refractivity contribution in [1.82, 2.24) is 0 Å². The number of halogens is 3. The van der Waals surface area contributed by atoms with Crippen LogP contribution < -0.4 is 10.6 Å². The number of amides is 1. The van der Waals surface area contributed by atoms with Gasteiger partial charge in [0.1, 0.15) is 11.6 Å². The monoisotopic (exact) mass is 354 g/mol. The SMILES string of the molecule is O=C(CCNc1cccc(Br)c1)Nc1ccc(F)cc1F. The summed E-state index contributed by atoms with van der Waals surface area (Å²) in [4.78, 5) is 11.7. The molecule has 1 amide bonds. The number of benzene rings is 2. The van der Waals surface area contributed by atoms with Gasteiger partial charge in [0.15, 0.2) is 0 Å². The van der Waals surface area contributed by atoms with E-state index < -0.39 is 11.6 Å². The number of hydrogen-bond acceptors (Lipinski definition) is 2. The van der Waals surface area contributed by atoms with Crippen molar-refractivity contribution in [2.45, 2.75) is 6.42 Å². The Kier molecular flexibility index (Phi) is 5.27. The number of hydrogen-bond donors (Lipinski definition) is 2. The maximum Gasteiger partial charge on any atom is 0.226 e. The van der Waals surface area contributed by atoms with E-state index in [0.717, 1.165) is 22.3 Å². The summed E-state index contributed by atoms with van der Waals surface area (Å²) in [7, 11) is 0. The van der Waals surface area contributed by atoms with Gasteiger partial charge in [-0.25, -0.2) is 8.78 Å². The molecule has 0 aliphatic carbocycles. The Labute approximate surface area is 129 Å². The fourth-order valence-corrected chi connectivity index (χ4v) is 2.12. The summed E-state index contributed by atoms with van der Waals surface area (Å²) in [5.74, 6) is -1.81. The van der Waals surface area contributed by atoms with Crippen LogP contribution in [0, 0.1) is 11.6 Å². The molecule has 0 aromatic heterocycles. The fraction of sp³-hybridized carbons (Fsp3) is 0.133. The summed E-state index contributed by atoms with van der Waals surface area (Å²) < 4.78 is 27.0. The molecule has 2 N–H and O–H groups in total. The van der Waals surface area contributed by atoms with Crippen LogP contribution in [0.25, 0.3) is 0 Å². The number of carbonyl (C=O) groups excluding carboxylic acids is 1. The summed E-state index contributed by atoms with van der Waals surface area (Å²) in [5.41, 5.74) is 0.856. The van der Waals surface area contributed by atoms with Gasteiger partial charge < -0.3 is 10.6 Å². The first kappa shape index (κ1) is 15.4. The normalized spacial score (nSPS) is 10.2. The second-order valence-corrected chi connectivity index (χ2v) is 5.28. The van der Waals surface area contributed by atoms with Crippen molar-refractivity contribution in [2.75, 3.05) is 17.2 Å². The van der Waals surface area contributed by atoms with Crippen LogP contribution in [0.4, 0.5) is 20.2 Å². The van der Waals surface area contributed by atoms with Crippen LogP contribution in [-0.2, 0) is 4.79 Å². The van der Waals surface area contributed by atoms with Crippen LogP contribution in [0.2, 0.25) is 0 Å². The van der Waals surface area contributed by atoms with Crippen LogP contribution in [0.5, 0.6) is 0 Å². The first-order chi connectivity index (χ1) is 10.0. The van der Waals surface area contributed by atoms with Crippen LogP contribution in [0.3, 0.4) is 0 Å². The van der Waals surface area contributed by atoms with E-state index in [9.17, 15) is 13.6 Å². The van der Waals surface area contributed by atoms with Crippen LogP contribution >= 0.6 is 15.9 Å². The maximum atomic E-state index is 13.4. The molecule has 0 unspecified atom stereocenters. The van der Waals surface area contributed by atoms with E-state index in [4.69, 9.17) is 0 Å². The predicted molar refractivity (Wildman–Crippen MR) is 82.2 cm³/mol. The van der Waals surface area contributed by atoms with Crippen molar-refractivity contribution >= 4 is 33.2 Å². The van der Waals surface area contributed by atoms with Crippen LogP contribution in [-0.4, -0.2) is 12.5 Å². The minimum absolute atomic E-state index is 0.0242. The first-order valence-corrected chi connectivity index (χ1v) is 7.08. The first-order valence-electron chi connectivity index (χ1n) is 6.29. The van der Waals surface area contributed by atoms with Crippen molar-refractivity contribution < 1.29 is 13.6 Å². The summed E-state index contributed by atoms with van der Waals surface area (Å²) in [5, 5.41) is 5.49. The molecule has 110 valence electrons. The summed E-state index contributed by atoms with van der Waals surface area (Å²) in [6, 6.07) is 10.6. The average molecular weight is 355 g/mol. The van der Waals surface area contributed by atoms with Gasteiger partial charge in [0.05, 0.1) is 5.69 Å². The summed E-state index contributed by atoms with van der Waals surface area (Å²) in [6.45, 7) is 0.408. The molecule has 0 aliphatic heterocycles. The molecule has 3 nitrogen and oxygen atoms in total. The van der Waals surface area contributed by atoms with Gasteiger partial charge in [-0.3, -0.25) is 4.79 Å². The number of anilines is 2. The van der Waals surface area contributed by atoms with Gasteiger partial charge in [0, 0.05) is 29.2 Å². The molecule has 21 heavy (non-hydrogen) atoms. The Bertz CT molecular complexity index is 649. The smallest absolute Gasteiger partial charge is 0.226 e. The van der Waals surface area contributed by atoms with E-state index >= 15 is 0 Å². The van der Waals surface area contributed by atoms with E-state index in [-0.39, 0.29) is 18.0 Å². The molecule has 2 aromatic rings. The molecular formula is C15H13BrF2N2O. The molecule has 0 spiro atoms. The topological polar surface area (TPSA) is 41.1 Å². The lowest BCUT2D eigenvalue weighted by Gasteiger charge is -2.08. The second-order valence-electron chi connectivity index (χ2n) is 4.36. The lowest BCUT2D eigenvalue weighted by molar-refractivity contribution is -0.116. The zero-order valence-corrected chi connectivity index (χ0v) is 12.6. The number of carbonyl (C=O) groups is 1. The van der Waals surface area contributed by atoms with Gasteiger partial charge in [0.2, 0.25) is 5.91 Å². The third kappa shape index (κ3) is 4.82. The largest absolute Gasteiger partial charge is 0.384 e. The standard InChI is InChI=1S/C15H13BrF2N2O/c16-10-2-1-3-12(8-10)19-7-6-15(21)20-14-5-4-11(17)9-13(14)18/h1-5,8-9,19H,6-7H2,(H,20,21). The Morgan fingerprint density at radius 3 is 2.67 bits per heavy atom. The zero-order valence-electron chi connectivity index (χ0n) is 11.0. The maximum absolute atomic E-state index is 13.4. The van der Waals surface area contributed by atoms with Gasteiger partial charge in [-0.1, -0.05) is 22.0 Å². The molecule has 0 saturated heterocycles. The molecule has 2 aromatic carbocycles. The van der Waals surface area contributed by atoms with Crippen molar-refractivity contribution in [2.24, 2.45) is 0 Å². The molecule has 6 heteroatoms. The highest BCUT2D eigenvalue weighted by molar-refractivity contribution is 9.10. The molecule has 0 aliphatic rings. The molecule has 0 saturated carbocycles. The third-order valence-electron chi connectivity index (χ3n) is 2.71. The fourth-order valence-electron chi connectivity index (χ4n) is 1.72. The van der Waals surface area contributed by atoms with Crippen LogP contribution in [0.1, 0.15) is 6.42 Å². The molecule has 0 bridgehead atoms. The number of rotatable bonds is 5. The highest BCUT2D eigenvalue weighted by Gasteiger charge is 2.07. The second kappa shape index (κ2) is 7.17. The highest BCUT2D eigenvalue weighted by atomic mass is 79.9. The van der Waals surface area contributed by atoms with Crippen molar-refractivity contribution in [3.8, 4) is 0 Å². The van der Waals surface area contributed by atoms with Crippen molar-refractivity contribution in [1.29, 1.82) is 0 Å². The van der Waals surface area contributed by atoms with E-state index in [1.165, 1.54) is 6.07 Å². The minimum atomic E-state index is -0.789. The summed E-state index contributed by atoms with van der Waals surface area (Å²) >= 11 is 3.35. The van der Waals surface area contributed by atoms with E-state index in [2.05, 4.69) is 26.6 Å². The zero-order chi connectivity index (χ0) is 15.2. The van der Waals surface area contributed by atoms with Gasteiger partial charge in [-0.2, -0.15) is 0 Å². The van der Waals surface area contributed by atoms with Crippen molar-refractivity contribution in [3.63, 3.8) is 0 Å². The molecule has 0 radical (unpaired) electrons. The van der Waals surface area contributed by atoms with Gasteiger partial charge in [-0.15, -0.1) is 0 Å². The summed E-state index contributed by atoms with van der Waals surface area (Å²) in [6.07, 6.45) is 0.170. The Hall–Kier alpha value is -1.95. The van der Waals surface area contributed by atoms with E-state index in [0.29, 0.717) is 6.54 Å². The quantitative estimate of drug-likeness (QED) is 0.845. The molecule has 0 fully saturated rings. The Morgan fingerprint density at radius 1 is 1.14 bits per heavy atom. The number of nitrogens with one attached hydrogen (secondary N) is 2.